The molecule has 0 unspecified atom stereocenters. The number of benzene rings is 1. The second-order valence-electron chi connectivity index (χ2n) is 4.71. The van der Waals surface area contributed by atoms with E-state index in [-0.39, 0.29) is 5.97 Å². The van der Waals surface area contributed by atoms with Gasteiger partial charge < -0.3 is 9.47 Å². The highest BCUT2D eigenvalue weighted by molar-refractivity contribution is 5.72. The average Bonchev–Trinajstić information content (AvgIpc) is 2.46. The molecule has 0 aliphatic rings. The smallest absolute Gasteiger partial charge is 0.309 e. The molecule has 0 atom stereocenters. The molecule has 0 amide bonds. The lowest BCUT2D eigenvalue weighted by atomic mass is 9.95. The van der Waals surface area contributed by atoms with E-state index >= 15 is 0 Å². The molecule has 0 heterocycles. The van der Waals surface area contributed by atoms with E-state index in [1.165, 1.54) is 12.7 Å². The molecular formula is C17H22O3. The molecule has 0 radical (unpaired) electrons. The minimum atomic E-state index is -0.231. The minimum absolute atomic E-state index is 0.231. The van der Waals surface area contributed by atoms with Gasteiger partial charge >= 0.3 is 5.97 Å². The van der Waals surface area contributed by atoms with E-state index < -0.39 is 0 Å². The summed E-state index contributed by atoms with van der Waals surface area (Å²) in [7, 11) is 3.05. The van der Waals surface area contributed by atoms with E-state index in [0.717, 1.165) is 11.3 Å². The van der Waals surface area contributed by atoms with Crippen molar-refractivity contribution in [3.05, 3.63) is 48.1 Å². The molecule has 1 aromatic carbocycles. The third-order valence-electron chi connectivity index (χ3n) is 2.97. The maximum Gasteiger partial charge on any atom is 0.309 e. The zero-order valence-corrected chi connectivity index (χ0v) is 12.6. The van der Waals surface area contributed by atoms with Crippen LogP contribution in [0.1, 0.15) is 25.8 Å². The number of methoxy groups -OCH3 is 2. The predicted octanol–water partition coefficient (Wildman–Crippen LogP) is 3.85. The second kappa shape index (κ2) is 8.20. The fourth-order valence-corrected chi connectivity index (χ4v) is 1.82. The summed E-state index contributed by atoms with van der Waals surface area (Å²) >= 11 is 0. The van der Waals surface area contributed by atoms with Gasteiger partial charge in [0.15, 0.2) is 0 Å². The van der Waals surface area contributed by atoms with Crippen LogP contribution in [0.4, 0.5) is 0 Å². The van der Waals surface area contributed by atoms with Crippen molar-refractivity contribution in [2.45, 2.75) is 20.3 Å². The standard InChI is InChI=1S/C17H22O3/c1-13(2)16(7-5-6-8-17(18)20-4)14-9-11-15(19-3)12-10-14/h5-7,9-13H,8H2,1-4H3/b6-5+,16-7-. The van der Waals surface area contributed by atoms with Crippen molar-refractivity contribution in [2.75, 3.05) is 14.2 Å². The van der Waals surface area contributed by atoms with Crippen molar-refractivity contribution < 1.29 is 14.3 Å². The first kappa shape index (κ1) is 16.0. The van der Waals surface area contributed by atoms with Crippen LogP contribution in [0.15, 0.2) is 42.5 Å². The van der Waals surface area contributed by atoms with E-state index in [9.17, 15) is 4.79 Å². The Balaban J connectivity index is 2.84. The second-order valence-corrected chi connectivity index (χ2v) is 4.71. The van der Waals surface area contributed by atoms with Crippen molar-refractivity contribution in [2.24, 2.45) is 5.92 Å². The number of esters is 1. The van der Waals surface area contributed by atoms with Gasteiger partial charge in [-0.25, -0.2) is 0 Å². The van der Waals surface area contributed by atoms with Crippen molar-refractivity contribution in [3.63, 3.8) is 0 Å². The first-order valence-corrected chi connectivity index (χ1v) is 6.66. The quantitative estimate of drug-likeness (QED) is 0.584. The summed E-state index contributed by atoms with van der Waals surface area (Å²) in [5.41, 5.74) is 2.37. The molecule has 0 aromatic heterocycles. The van der Waals surface area contributed by atoms with E-state index in [1.807, 2.05) is 36.4 Å². The lowest BCUT2D eigenvalue weighted by Crippen LogP contribution is -1.96. The molecule has 1 aromatic rings. The zero-order chi connectivity index (χ0) is 15.0. The third-order valence-corrected chi connectivity index (χ3v) is 2.97. The van der Waals surface area contributed by atoms with Crippen molar-refractivity contribution >= 4 is 11.5 Å². The van der Waals surface area contributed by atoms with Crippen LogP contribution in [-0.4, -0.2) is 20.2 Å². The van der Waals surface area contributed by atoms with Gasteiger partial charge in [-0.1, -0.05) is 44.2 Å². The Labute approximate surface area is 120 Å². The molecule has 3 heteroatoms. The molecule has 108 valence electrons. The van der Waals surface area contributed by atoms with Gasteiger partial charge in [0, 0.05) is 0 Å². The van der Waals surface area contributed by atoms with Gasteiger partial charge in [-0.2, -0.15) is 0 Å². The lowest BCUT2D eigenvalue weighted by molar-refractivity contribution is -0.139. The summed E-state index contributed by atoms with van der Waals surface area (Å²) in [6, 6.07) is 7.98. The van der Waals surface area contributed by atoms with E-state index in [4.69, 9.17) is 4.74 Å². The van der Waals surface area contributed by atoms with Gasteiger partial charge in [-0.05, 0) is 29.2 Å². The molecule has 0 aliphatic carbocycles. The monoisotopic (exact) mass is 274 g/mol. The van der Waals surface area contributed by atoms with Crippen LogP contribution in [0.5, 0.6) is 5.75 Å². The predicted molar refractivity (Wildman–Crippen MR) is 81.6 cm³/mol. The Morgan fingerprint density at radius 3 is 2.35 bits per heavy atom. The van der Waals surface area contributed by atoms with Crippen LogP contribution < -0.4 is 4.74 Å². The zero-order valence-electron chi connectivity index (χ0n) is 12.6. The molecule has 20 heavy (non-hydrogen) atoms. The Morgan fingerprint density at radius 2 is 1.85 bits per heavy atom. The molecule has 0 bridgehead atoms. The fraction of sp³-hybridized carbons (Fsp3) is 0.353. The van der Waals surface area contributed by atoms with Crippen molar-refractivity contribution in [3.8, 4) is 5.75 Å². The molecule has 1 rings (SSSR count). The van der Waals surface area contributed by atoms with Gasteiger partial charge in [-0.3, -0.25) is 4.79 Å². The number of ether oxygens (including phenoxy) is 2. The normalized spacial score (nSPS) is 11.9. The molecule has 0 saturated carbocycles. The number of carbonyl (C=O) groups excluding carboxylic acids is 1. The molecular weight excluding hydrogens is 252 g/mol. The summed E-state index contributed by atoms with van der Waals surface area (Å²) in [5.74, 6) is 1.01. The topological polar surface area (TPSA) is 35.5 Å². The number of allylic oxidation sites excluding steroid dienone is 3. The molecule has 0 aliphatic heterocycles. The van der Waals surface area contributed by atoms with Crippen molar-refractivity contribution in [1.29, 1.82) is 0 Å². The Hall–Kier alpha value is -2.03. The van der Waals surface area contributed by atoms with Crippen LogP contribution in [-0.2, 0) is 9.53 Å². The van der Waals surface area contributed by atoms with E-state index in [1.54, 1.807) is 13.2 Å². The number of hydrogen-bond acceptors (Lipinski definition) is 3. The summed E-state index contributed by atoms with van der Waals surface area (Å²) in [6.07, 6.45) is 6.03. The highest BCUT2D eigenvalue weighted by Gasteiger charge is 2.05. The van der Waals surface area contributed by atoms with E-state index in [2.05, 4.69) is 18.6 Å². The van der Waals surface area contributed by atoms with Gasteiger partial charge in [0.1, 0.15) is 5.75 Å². The molecule has 0 fully saturated rings. The number of rotatable bonds is 6. The fourth-order valence-electron chi connectivity index (χ4n) is 1.82. The maximum absolute atomic E-state index is 11.0. The number of hydrogen-bond donors (Lipinski definition) is 0. The summed E-state index contributed by atoms with van der Waals surface area (Å²) in [4.78, 5) is 11.0. The minimum Gasteiger partial charge on any atom is -0.497 e. The third kappa shape index (κ3) is 4.92. The van der Waals surface area contributed by atoms with Gasteiger partial charge in [0.2, 0.25) is 0 Å². The summed E-state index contributed by atoms with van der Waals surface area (Å²) in [5, 5.41) is 0. The SMILES string of the molecule is COC(=O)C/C=C/C=C(\c1ccc(OC)cc1)C(C)C. The maximum atomic E-state index is 11.0. The van der Waals surface area contributed by atoms with Crippen LogP contribution in [0.3, 0.4) is 0 Å². The Kier molecular flexibility index (Phi) is 6.57. The number of carbonyl (C=O) groups is 1. The van der Waals surface area contributed by atoms with Crippen molar-refractivity contribution in [1.82, 2.24) is 0 Å². The van der Waals surface area contributed by atoms with Crippen LogP contribution in [0, 0.1) is 5.92 Å². The van der Waals surface area contributed by atoms with Gasteiger partial charge in [-0.15, -0.1) is 0 Å². The van der Waals surface area contributed by atoms with Crippen LogP contribution >= 0.6 is 0 Å². The first-order chi connectivity index (χ1) is 9.58. The molecule has 0 spiro atoms. The van der Waals surface area contributed by atoms with Crippen LogP contribution in [0.2, 0.25) is 0 Å². The highest BCUT2D eigenvalue weighted by atomic mass is 16.5. The molecule has 0 N–H and O–H groups in total. The highest BCUT2D eigenvalue weighted by Crippen LogP contribution is 2.25. The first-order valence-electron chi connectivity index (χ1n) is 6.66. The van der Waals surface area contributed by atoms with Crippen LogP contribution in [0.25, 0.3) is 5.57 Å². The van der Waals surface area contributed by atoms with E-state index in [0.29, 0.717) is 12.3 Å². The summed E-state index contributed by atoms with van der Waals surface area (Å²) in [6.45, 7) is 4.29. The summed E-state index contributed by atoms with van der Waals surface area (Å²) < 4.78 is 9.75. The largest absolute Gasteiger partial charge is 0.497 e. The van der Waals surface area contributed by atoms with Gasteiger partial charge in [0.05, 0.1) is 20.6 Å². The van der Waals surface area contributed by atoms with Gasteiger partial charge in [0.25, 0.3) is 0 Å². The molecule has 0 saturated heterocycles. The molecule has 3 nitrogen and oxygen atoms in total. The average molecular weight is 274 g/mol. The Morgan fingerprint density at radius 1 is 1.20 bits per heavy atom. The Bertz CT molecular complexity index is 481. The lowest BCUT2D eigenvalue weighted by Gasteiger charge is -2.11.